The Kier molecular flexibility index (Phi) is 2.34. The quantitative estimate of drug-likeness (QED) is 0.472. The van der Waals surface area contributed by atoms with Gasteiger partial charge in [-0.05, 0) is 11.8 Å². The Morgan fingerprint density at radius 3 is 2.50 bits per heavy atom. The molecule has 0 atom stereocenters. The molecule has 0 bridgehead atoms. The first kappa shape index (κ1) is 10.5. The molecule has 0 saturated heterocycles. The Balaban J connectivity index is 2.41. The molecule has 0 spiro atoms. The lowest BCUT2D eigenvalue weighted by Gasteiger charge is -2.09. The molecule has 88 valence electrons. The Morgan fingerprint density at radius 1 is 1.00 bits per heavy atom. The smallest absolute Gasteiger partial charge is 0.408 e. The lowest BCUT2D eigenvalue weighted by molar-refractivity contribution is -0.601. The Labute approximate surface area is 102 Å². The van der Waals surface area contributed by atoms with E-state index in [1.54, 1.807) is 48.8 Å². The second-order valence-corrected chi connectivity index (χ2v) is 3.85. The molecule has 0 saturated carbocycles. The lowest BCUT2D eigenvalue weighted by Crippen LogP contribution is -2.36. The number of benzene rings is 1. The number of rotatable bonds is 1. The van der Waals surface area contributed by atoms with Crippen molar-refractivity contribution in [2.75, 3.05) is 0 Å². The molecule has 0 amide bonds. The summed E-state index contributed by atoms with van der Waals surface area (Å²) in [5.74, 6) is -0.321. The summed E-state index contributed by atoms with van der Waals surface area (Å²) in [7, 11) is 0. The van der Waals surface area contributed by atoms with Gasteiger partial charge in [-0.15, -0.1) is 0 Å². The summed E-state index contributed by atoms with van der Waals surface area (Å²) in [6.45, 7) is 0. The second kappa shape index (κ2) is 4.00. The van der Waals surface area contributed by atoms with Gasteiger partial charge in [0.1, 0.15) is 5.58 Å². The maximum absolute atomic E-state index is 12.3. The van der Waals surface area contributed by atoms with Crippen molar-refractivity contribution in [2.45, 2.75) is 0 Å². The topological polar surface area (TPSA) is 57.1 Å². The van der Waals surface area contributed by atoms with E-state index in [9.17, 15) is 9.90 Å². The Morgan fingerprint density at radius 2 is 1.72 bits per heavy atom. The van der Waals surface area contributed by atoms with Crippen LogP contribution in [0.2, 0.25) is 0 Å². The van der Waals surface area contributed by atoms with Crippen LogP contribution in [0, 0.1) is 0 Å². The fourth-order valence-corrected chi connectivity index (χ4v) is 1.88. The third-order valence-electron chi connectivity index (χ3n) is 2.72. The van der Waals surface area contributed by atoms with Crippen molar-refractivity contribution < 1.29 is 14.1 Å². The highest BCUT2D eigenvalue weighted by Crippen LogP contribution is 2.22. The summed E-state index contributed by atoms with van der Waals surface area (Å²) in [5, 5.41) is 12.7. The molecule has 3 rings (SSSR count). The first-order valence-electron chi connectivity index (χ1n) is 5.47. The highest BCUT2D eigenvalue weighted by atomic mass is 16.4. The highest BCUT2D eigenvalue weighted by molar-refractivity contribution is 5.84. The summed E-state index contributed by atoms with van der Waals surface area (Å²) < 4.78 is 6.62. The van der Waals surface area contributed by atoms with Gasteiger partial charge >= 0.3 is 5.63 Å². The van der Waals surface area contributed by atoms with E-state index >= 15 is 0 Å². The Hall–Kier alpha value is -2.62. The second-order valence-electron chi connectivity index (χ2n) is 3.85. The monoisotopic (exact) mass is 239 g/mol. The van der Waals surface area contributed by atoms with Crippen LogP contribution in [0.25, 0.3) is 16.7 Å². The summed E-state index contributed by atoms with van der Waals surface area (Å²) in [6.07, 6.45) is 3.28. The number of nitrogens with zero attached hydrogens (tertiary/aromatic N) is 1. The Bertz CT molecular complexity index is 763. The van der Waals surface area contributed by atoms with E-state index in [0.29, 0.717) is 11.0 Å². The molecule has 3 aromatic rings. The molecule has 0 aliphatic heterocycles. The molecule has 0 unspecified atom stereocenters. The van der Waals surface area contributed by atoms with Gasteiger partial charge in [-0.25, -0.2) is 4.79 Å². The molecular formula is C14H9NO3. The van der Waals surface area contributed by atoms with Gasteiger partial charge in [0.25, 0.3) is 5.69 Å². The highest BCUT2D eigenvalue weighted by Gasteiger charge is 2.16. The maximum atomic E-state index is 12.3. The standard InChI is InChI=1S/C14H9NO3/c16-13-10-6-2-3-7-11(10)18-14(17)12(13)15-8-4-1-5-9-15/h1-9H. The summed E-state index contributed by atoms with van der Waals surface area (Å²) in [4.78, 5) is 11.9. The number of aromatic nitrogens is 1. The first-order valence-corrected chi connectivity index (χ1v) is 5.47. The summed E-state index contributed by atoms with van der Waals surface area (Å²) in [5.41, 5.74) is -0.308. The van der Waals surface area contributed by atoms with Gasteiger partial charge in [0.15, 0.2) is 12.4 Å². The zero-order valence-electron chi connectivity index (χ0n) is 9.37. The zero-order chi connectivity index (χ0) is 12.5. The minimum Gasteiger partial charge on any atom is -0.867 e. The molecule has 4 heteroatoms. The molecule has 0 aliphatic rings. The molecule has 2 aromatic heterocycles. The number of pyridine rings is 1. The minimum atomic E-state index is -0.630. The van der Waals surface area contributed by atoms with E-state index in [2.05, 4.69) is 0 Å². The molecule has 0 aliphatic carbocycles. The third kappa shape index (κ3) is 1.55. The fourth-order valence-electron chi connectivity index (χ4n) is 1.88. The molecule has 4 nitrogen and oxygen atoms in total. The first-order chi connectivity index (χ1) is 8.77. The number of para-hydroxylation sites is 1. The van der Waals surface area contributed by atoms with Gasteiger partial charge in [0.2, 0.25) is 0 Å². The van der Waals surface area contributed by atoms with Crippen LogP contribution in [-0.4, -0.2) is 0 Å². The van der Waals surface area contributed by atoms with Crippen LogP contribution in [0.3, 0.4) is 0 Å². The van der Waals surface area contributed by atoms with Crippen molar-refractivity contribution >= 4 is 11.0 Å². The molecule has 0 N–H and O–H groups in total. The van der Waals surface area contributed by atoms with Gasteiger partial charge < -0.3 is 9.52 Å². The van der Waals surface area contributed by atoms with Gasteiger partial charge in [-0.1, -0.05) is 24.3 Å². The summed E-state index contributed by atoms with van der Waals surface area (Å²) in [6, 6.07) is 12.0. The largest absolute Gasteiger partial charge is 0.867 e. The van der Waals surface area contributed by atoms with Gasteiger partial charge in [-0.3, -0.25) is 0 Å². The maximum Gasteiger partial charge on any atom is 0.408 e. The van der Waals surface area contributed by atoms with E-state index < -0.39 is 5.63 Å². The fraction of sp³-hybridized carbons (Fsp3) is 0. The molecule has 0 fully saturated rings. The van der Waals surface area contributed by atoms with Crippen LogP contribution in [-0.2, 0) is 0 Å². The lowest BCUT2D eigenvalue weighted by atomic mass is 10.2. The van der Waals surface area contributed by atoms with Crippen molar-refractivity contribution in [2.24, 2.45) is 0 Å². The predicted molar refractivity (Wildman–Crippen MR) is 63.5 cm³/mol. The van der Waals surface area contributed by atoms with E-state index in [1.807, 2.05) is 6.07 Å². The van der Waals surface area contributed by atoms with E-state index in [1.165, 1.54) is 4.57 Å². The number of fused-ring (bicyclic) bond motifs is 1. The predicted octanol–water partition coefficient (Wildman–Crippen LogP) is 1.14. The molecule has 18 heavy (non-hydrogen) atoms. The summed E-state index contributed by atoms with van der Waals surface area (Å²) >= 11 is 0. The average Bonchev–Trinajstić information content (AvgIpc) is 2.40. The van der Waals surface area contributed by atoms with Crippen LogP contribution >= 0.6 is 0 Å². The van der Waals surface area contributed by atoms with Gasteiger partial charge in [0.05, 0.1) is 0 Å². The van der Waals surface area contributed by atoms with Crippen molar-refractivity contribution in [1.82, 2.24) is 0 Å². The minimum absolute atomic E-state index is 0.00861. The molecular weight excluding hydrogens is 230 g/mol. The van der Waals surface area contributed by atoms with Gasteiger partial charge in [0, 0.05) is 17.5 Å². The SMILES string of the molecule is O=c1oc2ccccc2c([O-])c1-[n+]1ccccc1. The van der Waals surface area contributed by atoms with Crippen LogP contribution in [0.4, 0.5) is 0 Å². The van der Waals surface area contributed by atoms with Crippen molar-refractivity contribution in [3.05, 3.63) is 65.3 Å². The number of hydrogen-bond acceptors (Lipinski definition) is 3. The average molecular weight is 239 g/mol. The molecule has 0 radical (unpaired) electrons. The number of hydrogen-bond donors (Lipinski definition) is 0. The zero-order valence-corrected chi connectivity index (χ0v) is 9.37. The third-order valence-corrected chi connectivity index (χ3v) is 2.72. The van der Waals surface area contributed by atoms with E-state index in [4.69, 9.17) is 4.42 Å². The van der Waals surface area contributed by atoms with E-state index in [-0.39, 0.29) is 11.4 Å². The normalized spacial score (nSPS) is 10.7. The van der Waals surface area contributed by atoms with E-state index in [0.717, 1.165) is 0 Å². The van der Waals surface area contributed by atoms with Crippen LogP contribution in [0.1, 0.15) is 0 Å². The van der Waals surface area contributed by atoms with Crippen molar-refractivity contribution in [3.63, 3.8) is 0 Å². The van der Waals surface area contributed by atoms with Crippen molar-refractivity contribution in [3.8, 4) is 11.4 Å². The van der Waals surface area contributed by atoms with Crippen molar-refractivity contribution in [1.29, 1.82) is 0 Å². The van der Waals surface area contributed by atoms with Crippen LogP contribution < -0.4 is 15.3 Å². The van der Waals surface area contributed by atoms with Crippen LogP contribution in [0.15, 0.2) is 64.1 Å². The van der Waals surface area contributed by atoms with Crippen LogP contribution in [0.5, 0.6) is 5.75 Å². The van der Waals surface area contributed by atoms with Gasteiger partial charge in [-0.2, -0.15) is 4.57 Å². The molecule has 2 heterocycles. The molecule has 1 aromatic carbocycles.